The van der Waals surface area contributed by atoms with E-state index in [4.69, 9.17) is 4.74 Å². The van der Waals surface area contributed by atoms with Crippen molar-refractivity contribution in [3.63, 3.8) is 0 Å². The zero-order valence-corrected chi connectivity index (χ0v) is 13.2. The van der Waals surface area contributed by atoms with Gasteiger partial charge in [-0.15, -0.1) is 0 Å². The molecule has 0 bridgehead atoms. The Balaban J connectivity index is 1.40. The van der Waals surface area contributed by atoms with Crippen molar-refractivity contribution in [3.8, 4) is 0 Å². The molecule has 3 aromatic rings. The smallest absolute Gasteiger partial charge is 0.407 e. The number of hydrogen-bond acceptors (Lipinski definition) is 3. The van der Waals surface area contributed by atoms with Gasteiger partial charge < -0.3 is 15.0 Å². The average molecular weight is 321 g/mol. The van der Waals surface area contributed by atoms with Gasteiger partial charge in [-0.25, -0.2) is 9.78 Å². The summed E-state index contributed by atoms with van der Waals surface area (Å²) in [6.45, 7) is 0.810. The maximum Gasteiger partial charge on any atom is 0.407 e. The largest absolute Gasteiger partial charge is 0.445 e. The molecule has 0 unspecified atom stereocenters. The third kappa shape index (κ3) is 4.23. The topological polar surface area (TPSA) is 67.0 Å². The second kappa shape index (κ2) is 7.97. The Morgan fingerprint density at radius 3 is 2.92 bits per heavy atom. The first-order valence-electron chi connectivity index (χ1n) is 7.86. The van der Waals surface area contributed by atoms with Gasteiger partial charge in [0.05, 0.1) is 17.4 Å². The van der Waals surface area contributed by atoms with Crippen LogP contribution in [0.3, 0.4) is 0 Å². The number of ether oxygens (including phenoxy) is 1. The van der Waals surface area contributed by atoms with Gasteiger partial charge in [-0.2, -0.15) is 0 Å². The summed E-state index contributed by atoms with van der Waals surface area (Å²) in [7, 11) is 0. The fourth-order valence-electron chi connectivity index (χ4n) is 2.36. The van der Waals surface area contributed by atoms with Gasteiger partial charge in [-0.05, 0) is 18.1 Å². The van der Waals surface area contributed by atoms with E-state index in [0.29, 0.717) is 6.54 Å². The van der Waals surface area contributed by atoms with Gasteiger partial charge in [0.1, 0.15) is 6.61 Å². The molecule has 0 aliphatic rings. The van der Waals surface area contributed by atoms with Crippen molar-refractivity contribution < 1.29 is 9.53 Å². The molecular weight excluding hydrogens is 302 g/mol. The predicted molar refractivity (Wildman–Crippen MR) is 94.4 cm³/mol. The van der Waals surface area contributed by atoms with Crippen LogP contribution >= 0.6 is 0 Å². The summed E-state index contributed by atoms with van der Waals surface area (Å²) in [6, 6.07) is 15.6. The maximum atomic E-state index is 11.6. The molecule has 24 heavy (non-hydrogen) atoms. The Morgan fingerprint density at radius 1 is 1.17 bits per heavy atom. The molecule has 122 valence electrons. The first-order valence-corrected chi connectivity index (χ1v) is 7.86. The molecule has 1 amide bonds. The molecule has 3 rings (SSSR count). The van der Waals surface area contributed by atoms with Gasteiger partial charge in [0.25, 0.3) is 0 Å². The van der Waals surface area contributed by atoms with Gasteiger partial charge in [-0.3, -0.25) is 0 Å². The lowest BCUT2D eigenvalue weighted by Crippen LogP contribution is -2.24. The summed E-state index contributed by atoms with van der Waals surface area (Å²) in [5, 5.41) is 2.74. The minimum Gasteiger partial charge on any atom is -0.445 e. The lowest BCUT2D eigenvalue weighted by atomic mass is 10.1. The lowest BCUT2D eigenvalue weighted by Gasteiger charge is -2.05. The normalized spacial score (nSPS) is 11.0. The Kier molecular flexibility index (Phi) is 5.24. The van der Waals surface area contributed by atoms with Crippen LogP contribution < -0.4 is 5.32 Å². The molecule has 0 spiro atoms. The van der Waals surface area contributed by atoms with Crippen LogP contribution in [-0.4, -0.2) is 22.6 Å². The molecule has 0 aliphatic carbocycles. The van der Waals surface area contributed by atoms with E-state index in [1.54, 1.807) is 6.33 Å². The second-order valence-electron chi connectivity index (χ2n) is 5.33. The molecule has 5 heteroatoms. The number of imidazole rings is 1. The Labute approximate surface area is 140 Å². The number of carbonyl (C=O) groups is 1. The Bertz CT molecular complexity index is 825. The monoisotopic (exact) mass is 321 g/mol. The van der Waals surface area contributed by atoms with E-state index in [2.05, 4.69) is 15.3 Å². The lowest BCUT2D eigenvalue weighted by molar-refractivity contribution is 0.140. The standard InChI is InChI=1S/C19H19N3O2/c23-19(24-13-15-7-2-1-3-8-15)20-12-5-4-9-16-10-6-11-17-18(16)22-14-21-17/h1-4,6-11,14H,5,12-13H2,(H,20,23)(H,21,22). The van der Waals surface area contributed by atoms with Crippen molar-refractivity contribution in [2.24, 2.45) is 0 Å². The first-order chi connectivity index (χ1) is 11.8. The molecule has 0 atom stereocenters. The quantitative estimate of drug-likeness (QED) is 0.677. The van der Waals surface area contributed by atoms with Crippen LogP contribution in [0.2, 0.25) is 0 Å². The van der Waals surface area contributed by atoms with Crippen LogP contribution in [0, 0.1) is 0 Å². The number of alkyl carbamates (subject to hydrolysis) is 1. The van der Waals surface area contributed by atoms with Crippen LogP contribution in [0.4, 0.5) is 4.79 Å². The third-order valence-electron chi connectivity index (χ3n) is 3.57. The highest BCUT2D eigenvalue weighted by Crippen LogP contribution is 2.15. The van der Waals surface area contributed by atoms with Gasteiger partial charge >= 0.3 is 6.09 Å². The molecule has 0 aliphatic heterocycles. The number of amides is 1. The number of benzene rings is 2. The number of para-hydroxylation sites is 1. The van der Waals surface area contributed by atoms with Crippen molar-refractivity contribution in [2.45, 2.75) is 13.0 Å². The van der Waals surface area contributed by atoms with Crippen LogP contribution in [0.25, 0.3) is 17.1 Å². The number of nitrogens with one attached hydrogen (secondary N) is 2. The fourth-order valence-corrected chi connectivity index (χ4v) is 2.36. The molecular formula is C19H19N3O2. The molecule has 5 nitrogen and oxygen atoms in total. The summed E-state index contributed by atoms with van der Waals surface area (Å²) in [4.78, 5) is 19.0. The maximum absolute atomic E-state index is 11.6. The van der Waals surface area contributed by atoms with E-state index in [1.807, 2.05) is 60.7 Å². The summed E-state index contributed by atoms with van der Waals surface area (Å²) in [5.74, 6) is 0. The summed E-state index contributed by atoms with van der Waals surface area (Å²) < 4.78 is 5.15. The Hall–Kier alpha value is -3.08. The van der Waals surface area contributed by atoms with Crippen LogP contribution in [0.15, 0.2) is 60.9 Å². The van der Waals surface area contributed by atoms with Crippen molar-refractivity contribution in [1.82, 2.24) is 15.3 Å². The minimum atomic E-state index is -0.401. The number of fused-ring (bicyclic) bond motifs is 1. The van der Waals surface area contributed by atoms with E-state index in [0.717, 1.165) is 28.6 Å². The summed E-state index contributed by atoms with van der Waals surface area (Å²) >= 11 is 0. The van der Waals surface area contributed by atoms with E-state index >= 15 is 0 Å². The highest BCUT2D eigenvalue weighted by molar-refractivity contribution is 5.84. The SMILES string of the molecule is O=C(NCCC=Cc1cccc2[nH]cnc12)OCc1ccccc1. The van der Waals surface area contributed by atoms with E-state index < -0.39 is 6.09 Å². The van der Waals surface area contributed by atoms with Crippen LogP contribution in [0.5, 0.6) is 0 Å². The predicted octanol–water partition coefficient (Wildman–Crippen LogP) is 3.89. The van der Waals surface area contributed by atoms with Crippen LogP contribution in [-0.2, 0) is 11.3 Å². The van der Waals surface area contributed by atoms with E-state index in [-0.39, 0.29) is 6.61 Å². The van der Waals surface area contributed by atoms with Gasteiger partial charge in [0.15, 0.2) is 0 Å². The zero-order valence-electron chi connectivity index (χ0n) is 13.2. The highest BCUT2D eigenvalue weighted by Gasteiger charge is 2.01. The number of nitrogens with zero attached hydrogens (tertiary/aromatic N) is 1. The number of hydrogen-bond donors (Lipinski definition) is 2. The third-order valence-corrected chi connectivity index (χ3v) is 3.57. The number of H-pyrrole nitrogens is 1. The van der Waals surface area contributed by atoms with Gasteiger partial charge in [0.2, 0.25) is 0 Å². The van der Waals surface area contributed by atoms with E-state index in [9.17, 15) is 4.79 Å². The fraction of sp³-hybridized carbons (Fsp3) is 0.158. The second-order valence-corrected chi connectivity index (χ2v) is 5.33. The van der Waals surface area contributed by atoms with Gasteiger partial charge in [-0.1, -0.05) is 54.6 Å². The molecule has 1 heterocycles. The van der Waals surface area contributed by atoms with E-state index in [1.165, 1.54) is 0 Å². The molecule has 0 saturated heterocycles. The number of aromatic amines is 1. The average Bonchev–Trinajstić information content (AvgIpc) is 3.10. The zero-order chi connectivity index (χ0) is 16.6. The molecule has 0 fully saturated rings. The molecule has 0 radical (unpaired) electrons. The van der Waals surface area contributed by atoms with Gasteiger partial charge in [0, 0.05) is 12.1 Å². The van der Waals surface area contributed by atoms with Crippen molar-refractivity contribution in [3.05, 3.63) is 72.1 Å². The minimum absolute atomic E-state index is 0.281. The molecule has 0 saturated carbocycles. The summed E-state index contributed by atoms with van der Waals surface area (Å²) in [5.41, 5.74) is 3.99. The molecule has 2 aromatic carbocycles. The number of rotatable bonds is 6. The summed E-state index contributed by atoms with van der Waals surface area (Å²) in [6.07, 6.45) is 6.04. The first kappa shape index (κ1) is 15.8. The number of carbonyl (C=O) groups excluding carboxylic acids is 1. The highest BCUT2D eigenvalue weighted by atomic mass is 16.5. The van der Waals surface area contributed by atoms with Crippen LogP contribution in [0.1, 0.15) is 17.5 Å². The van der Waals surface area contributed by atoms with Crippen molar-refractivity contribution in [1.29, 1.82) is 0 Å². The molecule has 2 N–H and O–H groups in total. The van der Waals surface area contributed by atoms with Crippen molar-refractivity contribution in [2.75, 3.05) is 6.54 Å². The van der Waals surface area contributed by atoms with Crippen molar-refractivity contribution >= 4 is 23.2 Å². The number of aromatic nitrogens is 2. The Morgan fingerprint density at radius 2 is 2.04 bits per heavy atom. The molecule has 1 aromatic heterocycles.